The number of hydrogen-bond acceptors (Lipinski definition) is 4. The Bertz CT molecular complexity index is 617. The second kappa shape index (κ2) is 11.5. The Morgan fingerprint density at radius 1 is 1.30 bits per heavy atom. The van der Waals surface area contributed by atoms with Crippen LogP contribution < -0.4 is 14.8 Å². The first-order valence-electron chi connectivity index (χ1n) is 8.69. The van der Waals surface area contributed by atoms with Gasteiger partial charge in [0.1, 0.15) is 6.61 Å². The van der Waals surface area contributed by atoms with E-state index in [1.807, 2.05) is 0 Å². The van der Waals surface area contributed by atoms with Crippen LogP contribution in [0.25, 0.3) is 6.08 Å². The van der Waals surface area contributed by atoms with Gasteiger partial charge in [0.25, 0.3) is 0 Å². The summed E-state index contributed by atoms with van der Waals surface area (Å²) in [6.45, 7) is 2.67. The minimum Gasteiger partial charge on any atom is -0.493 e. The SMILES string of the molecule is CCCCOc1ccc(/C=C/C(=O)NC(C)COCC(F)(F)F)cc1OC. The Morgan fingerprint density at radius 3 is 2.67 bits per heavy atom. The van der Waals surface area contributed by atoms with Gasteiger partial charge in [-0.1, -0.05) is 19.4 Å². The predicted molar refractivity (Wildman–Crippen MR) is 96.9 cm³/mol. The number of ether oxygens (including phenoxy) is 3. The molecule has 8 heteroatoms. The molecule has 1 N–H and O–H groups in total. The molecule has 0 aliphatic heterocycles. The molecule has 0 radical (unpaired) electrons. The Kier molecular flexibility index (Phi) is 9.71. The number of carbonyl (C=O) groups is 1. The van der Waals surface area contributed by atoms with E-state index in [4.69, 9.17) is 9.47 Å². The highest BCUT2D eigenvalue weighted by atomic mass is 19.4. The van der Waals surface area contributed by atoms with Gasteiger partial charge in [0, 0.05) is 12.1 Å². The number of carbonyl (C=O) groups excluding carboxylic acids is 1. The van der Waals surface area contributed by atoms with Crippen LogP contribution in [0.2, 0.25) is 0 Å². The second-order valence-electron chi connectivity index (χ2n) is 5.99. The monoisotopic (exact) mass is 389 g/mol. The lowest BCUT2D eigenvalue weighted by molar-refractivity contribution is -0.175. The number of unbranched alkanes of at least 4 members (excludes halogenated alkanes) is 1. The maximum absolute atomic E-state index is 12.0. The van der Waals surface area contributed by atoms with Crippen LogP contribution in [0.4, 0.5) is 13.2 Å². The van der Waals surface area contributed by atoms with E-state index in [1.54, 1.807) is 31.2 Å². The van der Waals surface area contributed by atoms with Crippen LogP contribution in [-0.4, -0.2) is 45.1 Å². The molecule has 27 heavy (non-hydrogen) atoms. The molecule has 1 atom stereocenters. The Balaban J connectivity index is 2.53. The lowest BCUT2D eigenvalue weighted by Gasteiger charge is -2.14. The largest absolute Gasteiger partial charge is 0.493 e. The van der Waals surface area contributed by atoms with Crippen molar-refractivity contribution in [3.05, 3.63) is 29.8 Å². The molecule has 1 amide bonds. The lowest BCUT2D eigenvalue weighted by atomic mass is 10.2. The summed E-state index contributed by atoms with van der Waals surface area (Å²) in [5.41, 5.74) is 0.728. The van der Waals surface area contributed by atoms with E-state index in [0.717, 1.165) is 18.4 Å². The quantitative estimate of drug-likeness (QED) is 0.460. The molecule has 0 spiro atoms. The zero-order valence-corrected chi connectivity index (χ0v) is 15.8. The molecule has 0 saturated heterocycles. The van der Waals surface area contributed by atoms with Gasteiger partial charge in [-0.15, -0.1) is 0 Å². The van der Waals surface area contributed by atoms with Gasteiger partial charge in [-0.2, -0.15) is 13.2 Å². The molecule has 1 aromatic rings. The lowest BCUT2D eigenvalue weighted by Crippen LogP contribution is -2.35. The van der Waals surface area contributed by atoms with Gasteiger partial charge >= 0.3 is 6.18 Å². The van der Waals surface area contributed by atoms with Crippen molar-refractivity contribution >= 4 is 12.0 Å². The summed E-state index contributed by atoms with van der Waals surface area (Å²) in [5, 5.41) is 2.54. The third kappa shape index (κ3) is 9.89. The van der Waals surface area contributed by atoms with Gasteiger partial charge in [-0.3, -0.25) is 4.79 Å². The maximum atomic E-state index is 12.0. The van der Waals surface area contributed by atoms with Crippen LogP contribution in [0.15, 0.2) is 24.3 Å². The van der Waals surface area contributed by atoms with E-state index in [0.29, 0.717) is 18.1 Å². The normalized spacial score (nSPS) is 12.8. The summed E-state index contributed by atoms with van der Waals surface area (Å²) in [7, 11) is 1.53. The average Bonchev–Trinajstić information content (AvgIpc) is 2.59. The third-order valence-corrected chi connectivity index (χ3v) is 3.39. The first-order chi connectivity index (χ1) is 12.7. The van der Waals surface area contributed by atoms with Gasteiger partial charge in [-0.25, -0.2) is 0 Å². The number of nitrogens with one attached hydrogen (secondary N) is 1. The van der Waals surface area contributed by atoms with Crippen molar-refractivity contribution in [2.75, 3.05) is 26.9 Å². The topological polar surface area (TPSA) is 56.8 Å². The van der Waals surface area contributed by atoms with Crippen LogP contribution in [0.1, 0.15) is 32.3 Å². The zero-order chi connectivity index (χ0) is 20.3. The van der Waals surface area contributed by atoms with Crippen molar-refractivity contribution in [2.24, 2.45) is 0 Å². The minimum atomic E-state index is -4.38. The highest BCUT2D eigenvalue weighted by Gasteiger charge is 2.27. The Morgan fingerprint density at radius 2 is 2.04 bits per heavy atom. The minimum absolute atomic E-state index is 0.225. The van der Waals surface area contributed by atoms with Crippen LogP contribution in [0.3, 0.4) is 0 Å². The molecule has 152 valence electrons. The number of amides is 1. The van der Waals surface area contributed by atoms with Crippen LogP contribution in [0.5, 0.6) is 11.5 Å². The molecule has 1 rings (SSSR count). The zero-order valence-electron chi connectivity index (χ0n) is 15.8. The number of methoxy groups -OCH3 is 1. The third-order valence-electron chi connectivity index (χ3n) is 3.39. The molecular formula is C19H26F3NO4. The van der Waals surface area contributed by atoms with E-state index in [9.17, 15) is 18.0 Å². The van der Waals surface area contributed by atoms with Crippen LogP contribution in [-0.2, 0) is 9.53 Å². The summed E-state index contributed by atoms with van der Waals surface area (Å²) in [6.07, 6.45) is 0.465. The van der Waals surface area contributed by atoms with E-state index in [2.05, 4.69) is 17.0 Å². The van der Waals surface area contributed by atoms with Crippen molar-refractivity contribution in [1.82, 2.24) is 5.32 Å². The molecule has 0 heterocycles. The molecule has 5 nitrogen and oxygen atoms in total. The predicted octanol–water partition coefficient (Wildman–Crippen LogP) is 3.97. The summed E-state index contributed by atoms with van der Waals surface area (Å²) in [6, 6.07) is 4.73. The number of halogens is 3. The molecule has 1 unspecified atom stereocenters. The summed E-state index contributed by atoms with van der Waals surface area (Å²) in [5.74, 6) is 0.755. The first-order valence-corrected chi connectivity index (χ1v) is 8.69. The van der Waals surface area contributed by atoms with Crippen molar-refractivity contribution in [1.29, 1.82) is 0 Å². The molecule has 0 fully saturated rings. The Labute approximate surface area is 157 Å². The molecule has 0 aromatic heterocycles. The summed E-state index contributed by atoms with van der Waals surface area (Å²) >= 11 is 0. The van der Waals surface area contributed by atoms with Gasteiger partial charge in [0.15, 0.2) is 11.5 Å². The fraction of sp³-hybridized carbons (Fsp3) is 0.526. The number of benzene rings is 1. The number of rotatable bonds is 11. The standard InChI is InChI=1S/C19H26F3NO4/c1-4-5-10-27-16-8-6-15(11-17(16)25-3)7-9-18(24)23-14(2)12-26-13-19(20,21)22/h6-9,11,14H,4-5,10,12-13H2,1-3H3,(H,23,24)/b9-7+. The summed E-state index contributed by atoms with van der Waals surface area (Å²) < 4.78 is 51.5. The van der Waals surface area contributed by atoms with E-state index < -0.39 is 24.7 Å². The van der Waals surface area contributed by atoms with Crippen LogP contribution in [0, 0.1) is 0 Å². The van der Waals surface area contributed by atoms with Crippen LogP contribution >= 0.6 is 0 Å². The van der Waals surface area contributed by atoms with Crippen molar-refractivity contribution in [3.8, 4) is 11.5 Å². The van der Waals surface area contributed by atoms with Gasteiger partial charge in [0.05, 0.1) is 20.3 Å². The van der Waals surface area contributed by atoms with E-state index in [-0.39, 0.29) is 6.61 Å². The molecule has 0 aliphatic carbocycles. The number of alkyl halides is 3. The van der Waals surface area contributed by atoms with Crippen molar-refractivity contribution < 1.29 is 32.2 Å². The molecule has 0 aliphatic rings. The summed E-state index contributed by atoms with van der Waals surface area (Å²) in [4.78, 5) is 11.9. The second-order valence-corrected chi connectivity index (χ2v) is 5.99. The van der Waals surface area contributed by atoms with Gasteiger partial charge in [0.2, 0.25) is 5.91 Å². The fourth-order valence-electron chi connectivity index (χ4n) is 2.09. The van der Waals surface area contributed by atoms with E-state index >= 15 is 0 Å². The number of hydrogen-bond donors (Lipinski definition) is 1. The molecule has 1 aromatic carbocycles. The van der Waals surface area contributed by atoms with E-state index in [1.165, 1.54) is 13.2 Å². The van der Waals surface area contributed by atoms with Gasteiger partial charge in [-0.05, 0) is 37.1 Å². The fourth-order valence-corrected chi connectivity index (χ4v) is 2.09. The highest BCUT2D eigenvalue weighted by Crippen LogP contribution is 2.28. The average molecular weight is 389 g/mol. The van der Waals surface area contributed by atoms with Crippen molar-refractivity contribution in [3.63, 3.8) is 0 Å². The molecule has 0 bridgehead atoms. The molecule has 0 saturated carbocycles. The maximum Gasteiger partial charge on any atom is 0.411 e. The Hall–Kier alpha value is -2.22. The smallest absolute Gasteiger partial charge is 0.411 e. The first kappa shape index (κ1) is 22.8. The molecular weight excluding hydrogens is 363 g/mol. The van der Waals surface area contributed by atoms with Gasteiger partial charge < -0.3 is 19.5 Å². The highest BCUT2D eigenvalue weighted by molar-refractivity contribution is 5.92. The van der Waals surface area contributed by atoms with Crippen molar-refractivity contribution in [2.45, 2.75) is 38.9 Å².